The molecule has 174 valence electrons. The molecule has 2 heterocycles. The number of amides is 2. The maximum Gasteiger partial charge on any atom is 0.278 e. The zero-order valence-corrected chi connectivity index (χ0v) is 19.8. The van der Waals surface area contributed by atoms with Gasteiger partial charge in [-0.05, 0) is 43.5 Å². The molecule has 0 atom stereocenters. The van der Waals surface area contributed by atoms with E-state index in [0.29, 0.717) is 23.8 Å². The van der Waals surface area contributed by atoms with Gasteiger partial charge in [0, 0.05) is 32.2 Å². The van der Waals surface area contributed by atoms with Crippen LogP contribution in [0.4, 0.5) is 0 Å². The molecule has 2 amide bonds. The smallest absolute Gasteiger partial charge is 0.278 e. The van der Waals surface area contributed by atoms with Gasteiger partial charge in [-0.15, -0.1) is 0 Å². The summed E-state index contributed by atoms with van der Waals surface area (Å²) < 4.78 is 5.82. The third-order valence-electron chi connectivity index (χ3n) is 6.83. The SMILES string of the molecule is CC(C)COc1ccc(C2=C(N3CCN(C)CC3)C(=O)N(C3CCCCCC3)C2=O)cc1. The molecule has 0 radical (unpaired) electrons. The summed E-state index contributed by atoms with van der Waals surface area (Å²) in [5.41, 5.74) is 1.98. The highest BCUT2D eigenvalue weighted by atomic mass is 16.5. The number of carbonyl (C=O) groups is 2. The number of hydrogen-bond donors (Lipinski definition) is 0. The molecule has 1 aromatic carbocycles. The molecule has 1 saturated heterocycles. The summed E-state index contributed by atoms with van der Waals surface area (Å²) >= 11 is 0. The number of benzene rings is 1. The zero-order chi connectivity index (χ0) is 22.7. The van der Waals surface area contributed by atoms with Crippen molar-refractivity contribution in [2.24, 2.45) is 5.92 Å². The molecule has 1 aromatic rings. The molecular formula is C26H37N3O3. The molecular weight excluding hydrogens is 402 g/mol. The van der Waals surface area contributed by atoms with Gasteiger partial charge in [-0.1, -0.05) is 51.7 Å². The first kappa shape index (κ1) is 22.8. The number of nitrogens with zero attached hydrogens (tertiary/aromatic N) is 3. The Hall–Kier alpha value is -2.34. The first-order valence-corrected chi connectivity index (χ1v) is 12.2. The standard InChI is InChI=1S/C26H37N3O3/c1-19(2)18-32-22-12-10-20(11-13-22)23-24(28-16-14-27(3)15-17-28)26(31)29(25(23)30)21-8-6-4-5-7-9-21/h10-13,19,21H,4-9,14-18H2,1-3H3. The van der Waals surface area contributed by atoms with Crippen LogP contribution in [0, 0.1) is 5.92 Å². The topological polar surface area (TPSA) is 53.1 Å². The Morgan fingerprint density at radius 1 is 0.906 bits per heavy atom. The third-order valence-corrected chi connectivity index (χ3v) is 6.83. The summed E-state index contributed by atoms with van der Waals surface area (Å²) in [5, 5.41) is 0. The predicted molar refractivity (Wildman–Crippen MR) is 126 cm³/mol. The second kappa shape index (κ2) is 10.1. The lowest BCUT2D eigenvalue weighted by Gasteiger charge is -2.35. The number of likely N-dealkylation sites (N-methyl/N-ethyl adjacent to an activating group) is 1. The van der Waals surface area contributed by atoms with E-state index in [1.807, 2.05) is 24.3 Å². The Balaban J connectivity index is 1.65. The number of carbonyl (C=O) groups excluding carboxylic acids is 2. The summed E-state index contributed by atoms with van der Waals surface area (Å²) in [4.78, 5) is 33.4. The van der Waals surface area contributed by atoms with Crippen molar-refractivity contribution in [3.05, 3.63) is 35.5 Å². The summed E-state index contributed by atoms with van der Waals surface area (Å²) in [6, 6.07) is 7.72. The van der Waals surface area contributed by atoms with Crippen LogP contribution in [-0.4, -0.2) is 72.4 Å². The van der Waals surface area contributed by atoms with E-state index in [0.717, 1.165) is 63.2 Å². The second-order valence-electron chi connectivity index (χ2n) is 9.87. The predicted octanol–water partition coefficient (Wildman–Crippen LogP) is 3.77. The van der Waals surface area contributed by atoms with Gasteiger partial charge < -0.3 is 14.5 Å². The van der Waals surface area contributed by atoms with Crippen LogP contribution in [0.1, 0.15) is 57.9 Å². The molecule has 2 aliphatic heterocycles. The lowest BCUT2D eigenvalue weighted by Crippen LogP contribution is -2.47. The minimum absolute atomic E-state index is 0.0195. The van der Waals surface area contributed by atoms with E-state index in [2.05, 4.69) is 30.7 Å². The second-order valence-corrected chi connectivity index (χ2v) is 9.87. The fourth-order valence-corrected chi connectivity index (χ4v) is 4.95. The van der Waals surface area contributed by atoms with Gasteiger partial charge >= 0.3 is 0 Å². The van der Waals surface area contributed by atoms with Gasteiger partial charge in [0.05, 0.1) is 12.2 Å². The molecule has 0 unspecified atom stereocenters. The largest absolute Gasteiger partial charge is 0.493 e. The van der Waals surface area contributed by atoms with Crippen LogP contribution in [-0.2, 0) is 9.59 Å². The van der Waals surface area contributed by atoms with Crippen LogP contribution in [0.5, 0.6) is 5.75 Å². The number of imide groups is 1. The van der Waals surface area contributed by atoms with Gasteiger partial charge in [0.15, 0.2) is 0 Å². The van der Waals surface area contributed by atoms with Crippen molar-refractivity contribution in [1.82, 2.24) is 14.7 Å². The van der Waals surface area contributed by atoms with E-state index in [9.17, 15) is 9.59 Å². The van der Waals surface area contributed by atoms with Crippen LogP contribution in [0.15, 0.2) is 30.0 Å². The summed E-state index contributed by atoms with van der Waals surface area (Å²) in [7, 11) is 2.10. The zero-order valence-electron chi connectivity index (χ0n) is 19.8. The van der Waals surface area contributed by atoms with Crippen LogP contribution in [0.2, 0.25) is 0 Å². The van der Waals surface area contributed by atoms with Gasteiger partial charge in [-0.25, -0.2) is 0 Å². The van der Waals surface area contributed by atoms with E-state index < -0.39 is 0 Å². The van der Waals surface area contributed by atoms with Crippen molar-refractivity contribution in [1.29, 1.82) is 0 Å². The number of rotatable bonds is 6. The molecule has 4 rings (SSSR count). The lowest BCUT2D eigenvalue weighted by atomic mass is 10.0. The molecule has 0 bridgehead atoms. The summed E-state index contributed by atoms with van der Waals surface area (Å²) in [6.07, 6.45) is 6.39. The van der Waals surface area contributed by atoms with Gasteiger partial charge in [0.25, 0.3) is 11.8 Å². The highest BCUT2D eigenvalue weighted by Gasteiger charge is 2.45. The van der Waals surface area contributed by atoms with Crippen molar-refractivity contribution >= 4 is 17.4 Å². The normalized spacial score (nSPS) is 21.6. The summed E-state index contributed by atoms with van der Waals surface area (Å²) in [5.74, 6) is 1.03. The van der Waals surface area contributed by atoms with E-state index in [4.69, 9.17) is 4.74 Å². The maximum atomic E-state index is 13.7. The molecule has 1 saturated carbocycles. The Morgan fingerprint density at radius 3 is 2.12 bits per heavy atom. The molecule has 0 N–H and O–H groups in total. The summed E-state index contributed by atoms with van der Waals surface area (Å²) in [6.45, 7) is 8.21. The van der Waals surface area contributed by atoms with Crippen molar-refractivity contribution < 1.29 is 14.3 Å². The Kier molecular flexibility index (Phi) is 7.19. The average molecular weight is 440 g/mol. The number of ether oxygens (including phenoxy) is 1. The lowest BCUT2D eigenvalue weighted by molar-refractivity contribution is -0.140. The van der Waals surface area contributed by atoms with Crippen LogP contribution < -0.4 is 4.74 Å². The quantitative estimate of drug-likeness (QED) is 0.499. The Labute approximate surface area is 192 Å². The molecule has 3 aliphatic rings. The fourth-order valence-electron chi connectivity index (χ4n) is 4.95. The molecule has 0 spiro atoms. The van der Waals surface area contributed by atoms with Crippen molar-refractivity contribution in [3.63, 3.8) is 0 Å². The molecule has 32 heavy (non-hydrogen) atoms. The molecule has 2 fully saturated rings. The third kappa shape index (κ3) is 4.85. The first-order chi connectivity index (χ1) is 15.5. The fraction of sp³-hybridized carbons (Fsp3) is 0.615. The number of piperazine rings is 1. The molecule has 0 aromatic heterocycles. The van der Waals surface area contributed by atoms with Gasteiger partial charge in [0.2, 0.25) is 0 Å². The maximum absolute atomic E-state index is 13.7. The first-order valence-electron chi connectivity index (χ1n) is 12.2. The van der Waals surface area contributed by atoms with Gasteiger partial charge in [-0.3, -0.25) is 14.5 Å². The van der Waals surface area contributed by atoms with E-state index in [-0.39, 0.29) is 17.9 Å². The molecule has 6 nitrogen and oxygen atoms in total. The van der Waals surface area contributed by atoms with Crippen molar-refractivity contribution in [2.45, 2.75) is 58.4 Å². The van der Waals surface area contributed by atoms with Crippen LogP contribution in [0.25, 0.3) is 5.57 Å². The molecule has 6 heteroatoms. The minimum atomic E-state index is -0.119. The molecule has 1 aliphatic carbocycles. The Bertz CT molecular complexity index is 846. The highest BCUT2D eigenvalue weighted by molar-refractivity contribution is 6.35. The van der Waals surface area contributed by atoms with E-state index >= 15 is 0 Å². The van der Waals surface area contributed by atoms with E-state index in [1.54, 1.807) is 4.90 Å². The highest BCUT2D eigenvalue weighted by Crippen LogP contribution is 2.36. The van der Waals surface area contributed by atoms with Crippen LogP contribution in [0.3, 0.4) is 0 Å². The van der Waals surface area contributed by atoms with Crippen molar-refractivity contribution in [3.8, 4) is 5.75 Å². The van der Waals surface area contributed by atoms with Crippen molar-refractivity contribution in [2.75, 3.05) is 39.8 Å². The number of hydrogen-bond acceptors (Lipinski definition) is 5. The minimum Gasteiger partial charge on any atom is -0.493 e. The monoisotopic (exact) mass is 439 g/mol. The van der Waals surface area contributed by atoms with Crippen LogP contribution >= 0.6 is 0 Å². The van der Waals surface area contributed by atoms with E-state index in [1.165, 1.54) is 12.8 Å². The Morgan fingerprint density at radius 2 is 1.53 bits per heavy atom. The average Bonchev–Trinajstić information content (AvgIpc) is 2.94. The van der Waals surface area contributed by atoms with Gasteiger partial charge in [0.1, 0.15) is 11.4 Å². The van der Waals surface area contributed by atoms with Gasteiger partial charge in [-0.2, -0.15) is 0 Å².